The van der Waals surface area contributed by atoms with Gasteiger partial charge in [0.05, 0.1) is 6.10 Å². The molecule has 0 unspecified atom stereocenters. The molecule has 0 amide bonds. The van der Waals surface area contributed by atoms with E-state index in [2.05, 4.69) is 0 Å². The molecule has 3 aliphatic carbocycles. The first kappa shape index (κ1) is 21.0. The van der Waals surface area contributed by atoms with Crippen molar-refractivity contribution in [3.05, 3.63) is 12.2 Å². The van der Waals surface area contributed by atoms with Gasteiger partial charge in [-0.1, -0.05) is 12.8 Å². The van der Waals surface area contributed by atoms with Crippen molar-refractivity contribution in [2.75, 3.05) is 6.61 Å². The van der Waals surface area contributed by atoms with Gasteiger partial charge in [-0.25, -0.2) is 0 Å². The van der Waals surface area contributed by atoms with Crippen LogP contribution in [0.3, 0.4) is 0 Å². The van der Waals surface area contributed by atoms with Crippen LogP contribution in [0, 0.1) is 23.7 Å². The first-order chi connectivity index (χ1) is 13.1. The lowest BCUT2D eigenvalue weighted by molar-refractivity contribution is -0.123. The molecule has 0 aromatic rings. The van der Waals surface area contributed by atoms with E-state index in [1.807, 2.05) is 0 Å². The zero-order chi connectivity index (χ0) is 19.1. The molecule has 0 atom stereocenters. The highest BCUT2D eigenvalue weighted by Gasteiger charge is 2.30. The van der Waals surface area contributed by atoms with Crippen molar-refractivity contribution in [2.24, 2.45) is 23.7 Å². The maximum absolute atomic E-state index is 12.4. The van der Waals surface area contributed by atoms with Crippen molar-refractivity contribution in [3.63, 3.8) is 0 Å². The predicted octanol–water partition coefficient (Wildman–Crippen LogP) is 6.69. The highest BCUT2D eigenvalue weighted by atomic mass is 19.3. The lowest BCUT2D eigenvalue weighted by Gasteiger charge is -2.37. The number of ketones is 1. The molecule has 3 saturated carbocycles. The largest absolute Gasteiger partial charge is 0.378 e. The predicted molar refractivity (Wildman–Crippen MR) is 104 cm³/mol. The fourth-order valence-corrected chi connectivity index (χ4v) is 5.61. The molecule has 0 saturated heterocycles. The molecule has 2 nitrogen and oxygen atoms in total. The Kier molecular flexibility index (Phi) is 8.29. The van der Waals surface area contributed by atoms with Crippen LogP contribution in [-0.2, 0) is 9.53 Å². The van der Waals surface area contributed by atoms with Crippen LogP contribution in [0.2, 0.25) is 0 Å². The van der Waals surface area contributed by atoms with Crippen molar-refractivity contribution in [2.45, 2.75) is 96.0 Å². The molecule has 154 valence electrons. The number of hydrogen-bond donors (Lipinski definition) is 0. The molecule has 0 heterocycles. The number of rotatable bonds is 7. The summed E-state index contributed by atoms with van der Waals surface area (Å²) < 4.78 is 30.8. The number of carbonyl (C=O) groups is 1. The fraction of sp³-hybridized carbons (Fsp3) is 0.870. The Balaban J connectivity index is 1.25. The van der Waals surface area contributed by atoms with Crippen molar-refractivity contribution < 1.29 is 18.3 Å². The van der Waals surface area contributed by atoms with Crippen LogP contribution in [0.1, 0.15) is 89.9 Å². The Bertz CT molecular complexity index is 475. The van der Waals surface area contributed by atoms with Gasteiger partial charge in [0.15, 0.2) is 0 Å². The number of hydrogen-bond acceptors (Lipinski definition) is 2. The van der Waals surface area contributed by atoms with Crippen LogP contribution in [0.25, 0.3) is 0 Å². The quantitative estimate of drug-likeness (QED) is 0.459. The van der Waals surface area contributed by atoms with E-state index >= 15 is 0 Å². The molecule has 0 spiro atoms. The second-order valence-corrected chi connectivity index (χ2v) is 9.16. The average Bonchev–Trinajstić information content (AvgIpc) is 2.67. The third-order valence-corrected chi connectivity index (χ3v) is 7.34. The van der Waals surface area contributed by atoms with Gasteiger partial charge in [0, 0.05) is 19.4 Å². The van der Waals surface area contributed by atoms with Gasteiger partial charge in [0.1, 0.15) is 5.78 Å². The highest BCUT2D eigenvalue weighted by Crippen LogP contribution is 2.42. The van der Waals surface area contributed by atoms with Gasteiger partial charge >= 0.3 is 0 Å². The Morgan fingerprint density at radius 1 is 0.889 bits per heavy atom. The lowest BCUT2D eigenvalue weighted by atomic mass is 9.69. The molecular formula is C23H36F2O2. The molecule has 0 bridgehead atoms. The molecule has 0 N–H and O–H groups in total. The summed E-state index contributed by atoms with van der Waals surface area (Å²) in [5.41, 5.74) is 0. The van der Waals surface area contributed by atoms with Crippen molar-refractivity contribution in [3.8, 4) is 0 Å². The van der Waals surface area contributed by atoms with Gasteiger partial charge in [0.25, 0.3) is 6.08 Å². The Hall–Kier alpha value is -0.770. The minimum Gasteiger partial charge on any atom is -0.378 e. The van der Waals surface area contributed by atoms with Crippen molar-refractivity contribution in [1.82, 2.24) is 0 Å². The van der Waals surface area contributed by atoms with E-state index in [0.717, 1.165) is 69.3 Å². The molecule has 0 aromatic carbocycles. The van der Waals surface area contributed by atoms with Crippen LogP contribution in [-0.4, -0.2) is 18.5 Å². The molecule has 3 aliphatic rings. The van der Waals surface area contributed by atoms with Crippen molar-refractivity contribution in [1.29, 1.82) is 0 Å². The Morgan fingerprint density at radius 2 is 1.48 bits per heavy atom. The summed E-state index contributed by atoms with van der Waals surface area (Å²) in [5.74, 6) is 2.96. The lowest BCUT2D eigenvalue weighted by Crippen LogP contribution is -2.26. The fourth-order valence-electron chi connectivity index (χ4n) is 5.61. The molecule has 27 heavy (non-hydrogen) atoms. The zero-order valence-electron chi connectivity index (χ0n) is 16.6. The number of carbonyl (C=O) groups excluding carboxylic acids is 1. The van der Waals surface area contributed by atoms with Crippen LogP contribution < -0.4 is 0 Å². The standard InChI is InChI=1S/C23H36F2O2/c24-23(25)16-18-5-9-20(10-6-18)19-7-3-17(4-8-19)2-1-15-27-22-13-11-21(26)12-14-22/h16-20,22H,1-15H2. The number of allylic oxidation sites excluding steroid dienone is 1. The van der Waals surface area contributed by atoms with Crippen LogP contribution in [0.15, 0.2) is 12.2 Å². The van der Waals surface area contributed by atoms with Gasteiger partial charge in [-0.2, -0.15) is 8.78 Å². The molecule has 4 heteroatoms. The maximum atomic E-state index is 12.4. The van der Waals surface area contributed by atoms with Crippen LogP contribution in [0.4, 0.5) is 8.78 Å². The van der Waals surface area contributed by atoms with Gasteiger partial charge in [0.2, 0.25) is 0 Å². The summed E-state index contributed by atoms with van der Waals surface area (Å²) in [5, 5.41) is 0. The Labute approximate surface area is 163 Å². The minimum atomic E-state index is -1.50. The van der Waals surface area contributed by atoms with E-state index in [1.165, 1.54) is 38.2 Å². The summed E-state index contributed by atoms with van der Waals surface area (Å²) in [7, 11) is 0. The Morgan fingerprint density at radius 3 is 2.07 bits per heavy atom. The topological polar surface area (TPSA) is 26.3 Å². The molecule has 0 aliphatic heterocycles. The summed E-state index contributed by atoms with van der Waals surface area (Å²) >= 11 is 0. The van der Waals surface area contributed by atoms with E-state index in [4.69, 9.17) is 4.74 Å². The molecule has 3 rings (SSSR count). The number of Topliss-reactive ketones (excluding diaryl/α,β-unsaturated/α-hetero) is 1. The highest BCUT2D eigenvalue weighted by molar-refractivity contribution is 5.79. The summed E-state index contributed by atoms with van der Waals surface area (Å²) in [6, 6.07) is 0. The molecule has 0 aromatic heterocycles. The van der Waals surface area contributed by atoms with E-state index in [1.54, 1.807) is 0 Å². The van der Waals surface area contributed by atoms with Crippen LogP contribution in [0.5, 0.6) is 0 Å². The van der Waals surface area contributed by atoms with E-state index in [9.17, 15) is 13.6 Å². The number of ether oxygens (including phenoxy) is 1. The second-order valence-electron chi connectivity index (χ2n) is 9.16. The smallest absolute Gasteiger partial charge is 0.266 e. The first-order valence-electron chi connectivity index (χ1n) is 11.3. The summed E-state index contributed by atoms with van der Waals surface area (Å²) in [6.45, 7) is 0.849. The maximum Gasteiger partial charge on any atom is 0.266 e. The molecular weight excluding hydrogens is 346 g/mol. The zero-order valence-corrected chi connectivity index (χ0v) is 16.6. The van der Waals surface area contributed by atoms with Gasteiger partial charge in [-0.05, 0) is 94.0 Å². The monoisotopic (exact) mass is 382 g/mol. The summed E-state index contributed by atoms with van der Waals surface area (Å²) in [4.78, 5) is 11.3. The third-order valence-electron chi connectivity index (χ3n) is 7.34. The van der Waals surface area contributed by atoms with E-state index < -0.39 is 6.08 Å². The average molecular weight is 383 g/mol. The first-order valence-corrected chi connectivity index (χ1v) is 11.3. The van der Waals surface area contributed by atoms with Gasteiger partial charge < -0.3 is 4.74 Å². The van der Waals surface area contributed by atoms with Gasteiger partial charge in [-0.3, -0.25) is 4.79 Å². The molecule has 3 fully saturated rings. The van der Waals surface area contributed by atoms with E-state index in [-0.39, 0.29) is 5.92 Å². The molecule has 0 radical (unpaired) electrons. The number of halogens is 2. The third kappa shape index (κ3) is 6.96. The van der Waals surface area contributed by atoms with E-state index in [0.29, 0.717) is 24.7 Å². The van der Waals surface area contributed by atoms with Crippen molar-refractivity contribution >= 4 is 5.78 Å². The van der Waals surface area contributed by atoms with Gasteiger partial charge in [-0.15, -0.1) is 0 Å². The summed E-state index contributed by atoms with van der Waals surface area (Å²) in [6.07, 6.45) is 15.2. The van der Waals surface area contributed by atoms with Crippen LogP contribution >= 0.6 is 0 Å². The normalized spacial score (nSPS) is 33.0. The minimum absolute atomic E-state index is 0.116. The SMILES string of the molecule is O=C1CCC(OCCCC2CCC(C3CCC(C=C(F)F)CC3)CC2)CC1. The second kappa shape index (κ2) is 10.7.